The van der Waals surface area contributed by atoms with Crippen molar-refractivity contribution in [3.63, 3.8) is 0 Å². The van der Waals surface area contributed by atoms with Gasteiger partial charge in [0.2, 0.25) is 0 Å². The fourth-order valence-electron chi connectivity index (χ4n) is 1.76. The van der Waals surface area contributed by atoms with Crippen LogP contribution in [0.15, 0.2) is 22.7 Å². The first-order valence-corrected chi connectivity index (χ1v) is 6.35. The van der Waals surface area contributed by atoms with Crippen molar-refractivity contribution in [3.05, 3.63) is 34.1 Å². The van der Waals surface area contributed by atoms with Gasteiger partial charge in [-0.25, -0.2) is 0 Å². The van der Waals surface area contributed by atoms with Crippen LogP contribution in [-0.2, 0) is 13.1 Å². The molecule has 0 aliphatic rings. The lowest BCUT2D eigenvalue weighted by Crippen LogP contribution is -2.08. The van der Waals surface area contributed by atoms with Crippen molar-refractivity contribution in [3.8, 4) is 11.4 Å². The summed E-state index contributed by atoms with van der Waals surface area (Å²) in [4.78, 5) is 0. The molecule has 2 N–H and O–H groups in total. The lowest BCUT2D eigenvalue weighted by molar-refractivity contribution is 0.704. The van der Waals surface area contributed by atoms with Crippen LogP contribution in [0.25, 0.3) is 11.4 Å². The molecule has 0 atom stereocenters. The van der Waals surface area contributed by atoms with E-state index in [0.717, 1.165) is 28.2 Å². The molecule has 0 unspecified atom stereocenters. The number of halogens is 1. The van der Waals surface area contributed by atoms with Crippen LogP contribution < -0.4 is 5.73 Å². The van der Waals surface area contributed by atoms with E-state index < -0.39 is 0 Å². The Morgan fingerprint density at radius 2 is 2.12 bits per heavy atom. The lowest BCUT2D eigenvalue weighted by Gasteiger charge is -2.07. The number of benzene rings is 1. The summed E-state index contributed by atoms with van der Waals surface area (Å²) in [5, 5.41) is 8.32. The van der Waals surface area contributed by atoms with Gasteiger partial charge in [0.05, 0.1) is 6.54 Å². The Labute approximate surface area is 109 Å². The zero-order chi connectivity index (χ0) is 12.4. The summed E-state index contributed by atoms with van der Waals surface area (Å²) >= 11 is 3.53. The summed E-state index contributed by atoms with van der Waals surface area (Å²) in [5.41, 5.74) is 7.90. The van der Waals surface area contributed by atoms with Gasteiger partial charge in [-0.15, -0.1) is 10.2 Å². The first kappa shape index (κ1) is 12.3. The monoisotopic (exact) mass is 294 g/mol. The molecule has 4 nitrogen and oxygen atoms in total. The van der Waals surface area contributed by atoms with E-state index in [9.17, 15) is 0 Å². The van der Waals surface area contributed by atoms with Crippen molar-refractivity contribution in [2.24, 2.45) is 5.73 Å². The van der Waals surface area contributed by atoms with Crippen molar-refractivity contribution in [2.75, 3.05) is 0 Å². The Morgan fingerprint density at radius 1 is 1.35 bits per heavy atom. The summed E-state index contributed by atoms with van der Waals surface area (Å²) < 4.78 is 3.12. The molecule has 0 aliphatic heterocycles. The topological polar surface area (TPSA) is 56.7 Å². The van der Waals surface area contributed by atoms with Gasteiger partial charge in [-0.3, -0.25) is 0 Å². The van der Waals surface area contributed by atoms with Crippen LogP contribution >= 0.6 is 15.9 Å². The first-order valence-electron chi connectivity index (χ1n) is 5.56. The highest BCUT2D eigenvalue weighted by Gasteiger charge is 2.11. The average Bonchev–Trinajstić information content (AvgIpc) is 2.75. The fourth-order valence-corrected chi connectivity index (χ4v) is 2.14. The molecule has 17 heavy (non-hydrogen) atoms. The molecule has 0 radical (unpaired) electrons. The predicted octanol–water partition coefficient (Wildman–Crippen LogP) is 2.49. The largest absolute Gasteiger partial charge is 0.324 e. The summed E-state index contributed by atoms with van der Waals surface area (Å²) in [7, 11) is 0. The summed E-state index contributed by atoms with van der Waals surface area (Å²) in [6, 6.07) is 6.18. The van der Waals surface area contributed by atoms with Gasteiger partial charge in [0, 0.05) is 16.6 Å². The van der Waals surface area contributed by atoms with Crippen molar-refractivity contribution in [1.82, 2.24) is 14.8 Å². The number of nitrogens with zero attached hydrogens (tertiary/aromatic N) is 3. The molecule has 5 heteroatoms. The smallest absolute Gasteiger partial charge is 0.164 e. The van der Waals surface area contributed by atoms with Gasteiger partial charge in [0.15, 0.2) is 5.82 Å². The molecular weight excluding hydrogens is 280 g/mol. The van der Waals surface area contributed by atoms with E-state index >= 15 is 0 Å². The Morgan fingerprint density at radius 3 is 2.71 bits per heavy atom. The minimum absolute atomic E-state index is 0.411. The third kappa shape index (κ3) is 2.25. The molecule has 2 rings (SSSR count). The van der Waals surface area contributed by atoms with Gasteiger partial charge in [-0.1, -0.05) is 28.1 Å². The Balaban J connectivity index is 2.52. The van der Waals surface area contributed by atoms with E-state index in [1.807, 2.05) is 4.57 Å². The highest BCUT2D eigenvalue weighted by molar-refractivity contribution is 9.10. The van der Waals surface area contributed by atoms with E-state index in [2.05, 4.69) is 58.2 Å². The van der Waals surface area contributed by atoms with Gasteiger partial charge in [0.25, 0.3) is 0 Å². The molecule has 0 aliphatic carbocycles. The van der Waals surface area contributed by atoms with E-state index in [1.54, 1.807) is 0 Å². The SMILES string of the molecule is CCn1c(CN)nnc1-c1ccc(C)c(Br)c1. The molecule has 1 aromatic carbocycles. The summed E-state index contributed by atoms with van der Waals surface area (Å²) in [6.45, 7) is 5.35. The maximum absolute atomic E-state index is 5.64. The van der Waals surface area contributed by atoms with Crippen molar-refractivity contribution < 1.29 is 0 Å². The molecule has 2 aromatic rings. The average molecular weight is 295 g/mol. The molecule has 0 fully saturated rings. The van der Waals surface area contributed by atoms with Crippen molar-refractivity contribution in [2.45, 2.75) is 26.9 Å². The highest BCUT2D eigenvalue weighted by atomic mass is 79.9. The van der Waals surface area contributed by atoms with Crippen LogP contribution in [0.3, 0.4) is 0 Å². The minimum atomic E-state index is 0.411. The summed E-state index contributed by atoms with van der Waals surface area (Å²) in [5.74, 6) is 1.69. The predicted molar refractivity (Wildman–Crippen MR) is 71.5 cm³/mol. The van der Waals surface area contributed by atoms with Crippen LogP contribution in [-0.4, -0.2) is 14.8 Å². The zero-order valence-corrected chi connectivity index (χ0v) is 11.5. The molecular formula is C12H15BrN4. The third-order valence-corrected chi connectivity index (χ3v) is 3.61. The molecule has 1 aromatic heterocycles. The number of nitrogens with two attached hydrogens (primary N) is 1. The molecule has 0 amide bonds. The van der Waals surface area contributed by atoms with Gasteiger partial charge in [-0.05, 0) is 25.5 Å². The third-order valence-electron chi connectivity index (χ3n) is 2.76. The van der Waals surface area contributed by atoms with E-state index in [-0.39, 0.29) is 0 Å². The van der Waals surface area contributed by atoms with Crippen LogP contribution in [0.1, 0.15) is 18.3 Å². The highest BCUT2D eigenvalue weighted by Crippen LogP contribution is 2.24. The van der Waals surface area contributed by atoms with E-state index in [1.165, 1.54) is 5.56 Å². The van der Waals surface area contributed by atoms with E-state index in [0.29, 0.717) is 6.54 Å². The Hall–Kier alpha value is -1.20. The molecule has 1 heterocycles. The molecule has 0 saturated carbocycles. The number of rotatable bonds is 3. The molecule has 90 valence electrons. The number of aryl methyl sites for hydroxylation is 1. The van der Waals surface area contributed by atoms with Crippen LogP contribution in [0.2, 0.25) is 0 Å². The zero-order valence-electron chi connectivity index (χ0n) is 9.94. The van der Waals surface area contributed by atoms with Crippen LogP contribution in [0.4, 0.5) is 0 Å². The number of hydrogen-bond donors (Lipinski definition) is 1. The second-order valence-corrected chi connectivity index (χ2v) is 4.71. The minimum Gasteiger partial charge on any atom is -0.324 e. The summed E-state index contributed by atoms with van der Waals surface area (Å²) in [6.07, 6.45) is 0. The molecule has 0 spiro atoms. The quantitative estimate of drug-likeness (QED) is 0.946. The molecule has 0 saturated heterocycles. The normalized spacial score (nSPS) is 10.8. The van der Waals surface area contributed by atoms with Gasteiger partial charge < -0.3 is 10.3 Å². The van der Waals surface area contributed by atoms with Gasteiger partial charge in [0.1, 0.15) is 5.82 Å². The maximum atomic E-state index is 5.64. The fraction of sp³-hybridized carbons (Fsp3) is 0.333. The second-order valence-electron chi connectivity index (χ2n) is 3.85. The van der Waals surface area contributed by atoms with Crippen molar-refractivity contribution >= 4 is 15.9 Å². The molecule has 0 bridgehead atoms. The Kier molecular flexibility index (Phi) is 3.59. The van der Waals surface area contributed by atoms with E-state index in [4.69, 9.17) is 5.73 Å². The number of aromatic nitrogens is 3. The van der Waals surface area contributed by atoms with Crippen LogP contribution in [0.5, 0.6) is 0 Å². The van der Waals surface area contributed by atoms with Crippen molar-refractivity contribution in [1.29, 1.82) is 0 Å². The van der Waals surface area contributed by atoms with Gasteiger partial charge in [-0.2, -0.15) is 0 Å². The first-order chi connectivity index (χ1) is 8.17. The number of hydrogen-bond acceptors (Lipinski definition) is 3. The van der Waals surface area contributed by atoms with Crippen LogP contribution in [0, 0.1) is 6.92 Å². The second kappa shape index (κ2) is 4.98. The van der Waals surface area contributed by atoms with Gasteiger partial charge >= 0.3 is 0 Å². The maximum Gasteiger partial charge on any atom is 0.164 e. The lowest BCUT2D eigenvalue weighted by atomic mass is 10.1. The standard InChI is InChI=1S/C12H15BrN4/c1-3-17-11(7-14)15-16-12(17)9-5-4-8(2)10(13)6-9/h4-6H,3,7,14H2,1-2H3. The Bertz CT molecular complexity index is 533.